The lowest BCUT2D eigenvalue weighted by Gasteiger charge is -2.33. The van der Waals surface area contributed by atoms with E-state index in [1.165, 1.54) is 29.2 Å². The van der Waals surface area contributed by atoms with Gasteiger partial charge < -0.3 is 19.7 Å². The van der Waals surface area contributed by atoms with Crippen LogP contribution in [0.15, 0.2) is 77.7 Å². The maximum Gasteiger partial charge on any atom is 0.264 e. The lowest BCUT2D eigenvalue weighted by atomic mass is 10.1. The monoisotopic (exact) mass is 615 g/mol. The lowest BCUT2D eigenvalue weighted by Crippen LogP contribution is -2.52. The third-order valence-corrected chi connectivity index (χ3v) is 8.82. The van der Waals surface area contributed by atoms with Crippen LogP contribution < -0.4 is 19.1 Å². The van der Waals surface area contributed by atoms with Gasteiger partial charge >= 0.3 is 0 Å². The number of para-hydroxylation sites is 2. The molecule has 11 heteroatoms. The van der Waals surface area contributed by atoms with E-state index >= 15 is 0 Å². The zero-order valence-corrected chi connectivity index (χ0v) is 26.1. The van der Waals surface area contributed by atoms with Gasteiger partial charge in [0.25, 0.3) is 10.0 Å². The number of hydrogen-bond acceptors (Lipinski definition) is 6. The highest BCUT2D eigenvalue weighted by atomic mass is 35.5. The van der Waals surface area contributed by atoms with Crippen molar-refractivity contribution in [3.8, 4) is 11.5 Å². The summed E-state index contributed by atoms with van der Waals surface area (Å²) in [5, 5.41) is 3.30. The fraction of sp³-hybridized carbons (Fsp3) is 0.355. The van der Waals surface area contributed by atoms with Crippen molar-refractivity contribution in [2.24, 2.45) is 0 Å². The summed E-state index contributed by atoms with van der Waals surface area (Å²) in [5.41, 5.74) is 0.943. The van der Waals surface area contributed by atoms with Gasteiger partial charge in [0.05, 0.1) is 24.3 Å². The van der Waals surface area contributed by atoms with Crippen LogP contribution in [-0.2, 0) is 26.2 Å². The molecular formula is C31H38ClN3O6S. The van der Waals surface area contributed by atoms with Crippen molar-refractivity contribution in [2.75, 3.05) is 24.6 Å². The smallest absolute Gasteiger partial charge is 0.264 e. The molecule has 42 heavy (non-hydrogen) atoms. The van der Waals surface area contributed by atoms with Crippen LogP contribution in [0.1, 0.15) is 39.7 Å². The molecule has 0 aliphatic rings. The Morgan fingerprint density at radius 2 is 1.60 bits per heavy atom. The first-order valence-corrected chi connectivity index (χ1v) is 15.6. The summed E-state index contributed by atoms with van der Waals surface area (Å²) in [6.07, 6.45) is 0.714. The van der Waals surface area contributed by atoms with Gasteiger partial charge in [0.1, 0.15) is 24.1 Å². The van der Waals surface area contributed by atoms with E-state index in [2.05, 4.69) is 5.32 Å². The highest BCUT2D eigenvalue weighted by Gasteiger charge is 2.34. The molecule has 0 spiro atoms. The number of carbonyl (C=O) groups is 2. The van der Waals surface area contributed by atoms with Crippen molar-refractivity contribution in [3.63, 3.8) is 0 Å². The van der Waals surface area contributed by atoms with Crippen LogP contribution in [-0.4, -0.2) is 57.5 Å². The molecule has 2 atom stereocenters. The lowest BCUT2D eigenvalue weighted by molar-refractivity contribution is -0.139. The first kappa shape index (κ1) is 32.8. The van der Waals surface area contributed by atoms with Crippen LogP contribution in [0, 0.1) is 0 Å². The molecule has 0 saturated heterocycles. The predicted octanol–water partition coefficient (Wildman–Crippen LogP) is 5.27. The zero-order valence-electron chi connectivity index (χ0n) is 24.5. The summed E-state index contributed by atoms with van der Waals surface area (Å²) >= 11 is 6.02. The van der Waals surface area contributed by atoms with E-state index in [0.29, 0.717) is 22.9 Å². The molecule has 0 fully saturated rings. The largest absolute Gasteiger partial charge is 0.497 e. The summed E-state index contributed by atoms with van der Waals surface area (Å²) in [6, 6.07) is 18.5. The summed E-state index contributed by atoms with van der Waals surface area (Å²) < 4.78 is 40.1. The minimum absolute atomic E-state index is 0.0460. The number of hydrogen-bond donors (Lipinski definition) is 1. The van der Waals surface area contributed by atoms with Crippen molar-refractivity contribution in [3.05, 3.63) is 83.4 Å². The Morgan fingerprint density at radius 3 is 2.19 bits per heavy atom. The minimum Gasteiger partial charge on any atom is -0.497 e. The minimum atomic E-state index is -4.26. The molecule has 9 nitrogen and oxygen atoms in total. The second-order valence-electron chi connectivity index (χ2n) is 9.73. The molecule has 0 aliphatic carbocycles. The van der Waals surface area contributed by atoms with Crippen LogP contribution in [0.4, 0.5) is 5.69 Å². The number of nitrogens with zero attached hydrogens (tertiary/aromatic N) is 2. The van der Waals surface area contributed by atoms with E-state index in [0.717, 1.165) is 9.87 Å². The van der Waals surface area contributed by atoms with E-state index in [9.17, 15) is 18.0 Å². The Kier molecular flexibility index (Phi) is 11.6. The van der Waals surface area contributed by atoms with Gasteiger partial charge in [-0.3, -0.25) is 13.9 Å². The molecule has 226 valence electrons. The van der Waals surface area contributed by atoms with Gasteiger partial charge in [-0.2, -0.15) is 0 Å². The average molecular weight is 616 g/mol. The fourth-order valence-electron chi connectivity index (χ4n) is 4.16. The zero-order chi connectivity index (χ0) is 30.9. The number of methoxy groups -OCH3 is 1. The number of ether oxygens (including phenoxy) is 2. The molecule has 3 aromatic carbocycles. The Morgan fingerprint density at radius 1 is 0.952 bits per heavy atom. The molecule has 0 saturated carbocycles. The van der Waals surface area contributed by atoms with E-state index in [1.807, 2.05) is 13.8 Å². The van der Waals surface area contributed by atoms with Crippen LogP contribution >= 0.6 is 11.6 Å². The number of rotatable bonds is 14. The Bertz CT molecular complexity index is 1450. The van der Waals surface area contributed by atoms with Crippen molar-refractivity contribution >= 4 is 39.1 Å². The van der Waals surface area contributed by atoms with Crippen LogP contribution in [0.3, 0.4) is 0 Å². The third kappa shape index (κ3) is 8.17. The Hall–Kier alpha value is -3.76. The quantitative estimate of drug-likeness (QED) is 0.265. The maximum atomic E-state index is 14.1. The molecule has 0 aromatic heterocycles. The maximum absolute atomic E-state index is 14.1. The summed E-state index contributed by atoms with van der Waals surface area (Å²) in [6.45, 7) is 7.03. The first-order chi connectivity index (χ1) is 20.0. The SMILES string of the molecule is CCOc1ccccc1N(CC(=O)N(Cc1ccc(OC)cc1)[C@H](C)C(=O)N[C@@H](C)CC)S(=O)(=O)c1ccc(Cl)cc1. The van der Waals surface area contributed by atoms with Gasteiger partial charge in [-0.15, -0.1) is 0 Å². The number of carbonyl (C=O) groups excluding carboxylic acids is 2. The van der Waals surface area contributed by atoms with Crippen LogP contribution in [0.2, 0.25) is 5.02 Å². The van der Waals surface area contributed by atoms with Gasteiger partial charge in [0.2, 0.25) is 11.8 Å². The second kappa shape index (κ2) is 14.9. The van der Waals surface area contributed by atoms with Crippen LogP contribution in [0.25, 0.3) is 0 Å². The summed E-state index contributed by atoms with van der Waals surface area (Å²) in [5.74, 6) is 0.0380. The molecule has 3 aromatic rings. The van der Waals surface area contributed by atoms with Gasteiger partial charge in [0, 0.05) is 17.6 Å². The molecule has 3 rings (SSSR count). The molecule has 0 heterocycles. The topological polar surface area (TPSA) is 105 Å². The van der Waals surface area contributed by atoms with E-state index in [-0.39, 0.29) is 35.7 Å². The third-order valence-electron chi connectivity index (χ3n) is 6.79. The molecule has 0 aliphatic heterocycles. The number of nitrogens with one attached hydrogen (secondary N) is 1. The van der Waals surface area contributed by atoms with Gasteiger partial charge in [-0.05, 0) is 81.3 Å². The van der Waals surface area contributed by atoms with Crippen LogP contribution in [0.5, 0.6) is 11.5 Å². The van der Waals surface area contributed by atoms with Crippen molar-refractivity contribution < 1.29 is 27.5 Å². The standard InChI is InChI=1S/C31H38ClN3O6S/c1-6-22(3)33-31(37)23(4)34(20-24-12-16-26(40-5)17-13-24)30(36)21-35(28-10-8-9-11-29(28)41-7-2)42(38,39)27-18-14-25(32)15-19-27/h8-19,22-23H,6-7,20-21H2,1-5H3,(H,33,37)/t22-,23+/m0/s1. The van der Waals surface area contributed by atoms with Gasteiger partial charge in [-0.1, -0.05) is 42.8 Å². The number of halogens is 1. The first-order valence-electron chi connectivity index (χ1n) is 13.7. The average Bonchev–Trinajstić information content (AvgIpc) is 2.99. The van der Waals surface area contributed by atoms with Crippen molar-refractivity contribution in [1.29, 1.82) is 0 Å². The molecule has 2 amide bonds. The van der Waals surface area contributed by atoms with E-state index in [1.54, 1.807) is 69.5 Å². The molecule has 0 unspecified atom stereocenters. The molecule has 1 N–H and O–H groups in total. The Labute approximate surface area is 253 Å². The number of amides is 2. The molecular weight excluding hydrogens is 578 g/mol. The van der Waals surface area contributed by atoms with Crippen molar-refractivity contribution in [2.45, 2.75) is 57.6 Å². The van der Waals surface area contributed by atoms with Crippen molar-refractivity contribution in [1.82, 2.24) is 10.2 Å². The predicted molar refractivity (Wildman–Crippen MR) is 164 cm³/mol. The number of benzene rings is 3. The van der Waals surface area contributed by atoms with Gasteiger partial charge in [-0.25, -0.2) is 8.42 Å². The normalized spacial score (nSPS) is 12.6. The van der Waals surface area contributed by atoms with E-state index in [4.69, 9.17) is 21.1 Å². The highest BCUT2D eigenvalue weighted by molar-refractivity contribution is 7.92. The Balaban J connectivity index is 2.07. The number of anilines is 1. The second-order valence-corrected chi connectivity index (χ2v) is 12.0. The molecule has 0 bridgehead atoms. The fourth-order valence-corrected chi connectivity index (χ4v) is 5.71. The number of sulfonamides is 1. The summed E-state index contributed by atoms with van der Waals surface area (Å²) in [4.78, 5) is 28.7. The highest BCUT2D eigenvalue weighted by Crippen LogP contribution is 2.33. The van der Waals surface area contributed by atoms with Gasteiger partial charge in [0.15, 0.2) is 0 Å². The molecule has 0 radical (unpaired) electrons. The summed E-state index contributed by atoms with van der Waals surface area (Å²) in [7, 11) is -2.70. The van der Waals surface area contributed by atoms with E-state index < -0.39 is 28.5 Å².